The number of rotatable bonds is 21. The van der Waals surface area contributed by atoms with Gasteiger partial charge in [0.05, 0.1) is 42.4 Å². The summed E-state index contributed by atoms with van der Waals surface area (Å²) in [6.07, 6.45) is 0.558. The second kappa shape index (κ2) is 59.9. The van der Waals surface area contributed by atoms with E-state index < -0.39 is 23.9 Å². The van der Waals surface area contributed by atoms with Gasteiger partial charge in [-0.1, -0.05) is 86.6 Å². The molecule has 0 unspecified atom stereocenters. The van der Waals surface area contributed by atoms with Gasteiger partial charge in [0.25, 0.3) is 0 Å². The minimum Gasteiger partial charge on any atom is -0.481 e. The molecule has 0 aromatic heterocycles. The van der Waals surface area contributed by atoms with Gasteiger partial charge in [0.15, 0.2) is 12.1 Å². The molecule has 513 valence electrons. The van der Waals surface area contributed by atoms with Crippen LogP contribution in [0.5, 0.6) is 0 Å². The molecule has 0 aliphatic rings. The molecule has 0 bridgehead atoms. The van der Waals surface area contributed by atoms with Crippen molar-refractivity contribution in [1.29, 1.82) is 31.6 Å². The van der Waals surface area contributed by atoms with Crippen molar-refractivity contribution in [2.45, 2.75) is 69.9 Å². The van der Waals surface area contributed by atoms with Gasteiger partial charge < -0.3 is 40.0 Å². The standard InChI is InChI=1S/C10H8ClNO2S.C10H8INO2S.C9H6ClNO2S.C9H6INO2S.C9H7NO2S.C8H5NO2S.C8H9NO2.2CH4.B.FH.H2/c2*11-6-14-10(13)5-8-1-3-9(4-2-8)15-7-12;2*10-5-13-9(12)7-1-3-8(4-2-7)14-6-11;10-6-13-8-3-1-7(2-4-8)5-9(11)12;9-5-12-7-3-1-6(2-4-7)8(10)11;9-7-3-1-6(2-4-7)5-8(10)11;;;;;/h2*1-4H,5-6H2;2*1-4H,5H2;1-4H,5H2,(H,11,12);1-4H,(H,10,11);1-4H,5,9H2,(H,10,11);2*1H4;;2*1H/i;;;;;;;;;;;1+1. The number of aliphatic carboxylic acids is 2. The molecule has 7 aromatic rings. The zero-order valence-electron chi connectivity index (χ0n) is 49.4. The Labute approximate surface area is 632 Å². The molecule has 0 amide bonds. The first-order valence-corrected chi connectivity index (χ1v) is 34.6. The summed E-state index contributed by atoms with van der Waals surface area (Å²) >= 11 is 20.8. The lowest BCUT2D eigenvalue weighted by Crippen LogP contribution is -2.06. The van der Waals surface area contributed by atoms with Crippen LogP contribution in [-0.4, -0.2) is 86.9 Å². The van der Waals surface area contributed by atoms with E-state index in [-0.39, 0.29) is 90.7 Å². The van der Waals surface area contributed by atoms with Crippen LogP contribution in [0.4, 0.5) is 10.4 Å². The van der Waals surface area contributed by atoms with E-state index in [1.807, 2.05) is 102 Å². The van der Waals surface area contributed by atoms with Crippen LogP contribution in [0, 0.1) is 64.0 Å². The fourth-order valence-corrected chi connectivity index (χ4v) is 9.25. The van der Waals surface area contributed by atoms with Gasteiger partial charge in [-0.15, -0.1) is 0 Å². The van der Waals surface area contributed by atoms with E-state index in [1.165, 1.54) is 12.1 Å². The number of carbonyl (C=O) groups is 7. The number of thioether (sulfide) groups is 6. The first kappa shape index (κ1) is 96.1. The number of benzene rings is 7. The number of carboxylic acids is 3. The highest BCUT2D eigenvalue weighted by Crippen LogP contribution is 2.22. The monoisotopic (exact) mass is 1710 g/mol. The van der Waals surface area contributed by atoms with Crippen LogP contribution >= 0.6 is 139 Å². The molecule has 21 nitrogen and oxygen atoms in total. The highest BCUT2D eigenvalue weighted by Gasteiger charge is 2.09. The molecule has 0 fully saturated rings. The maximum atomic E-state index is 11.2. The Morgan fingerprint density at radius 3 is 0.867 bits per heavy atom. The minimum atomic E-state index is -0.955. The smallest absolute Gasteiger partial charge is 0.339 e. The minimum absolute atomic E-state index is 0. The molecule has 3 radical (unpaired) electrons. The summed E-state index contributed by atoms with van der Waals surface area (Å²) in [6.45, 7) is 0. The molecule has 0 aliphatic carbocycles. The topological polar surface area (TPSA) is 386 Å². The van der Waals surface area contributed by atoms with E-state index in [1.54, 1.807) is 133 Å². The molecule has 33 heteroatoms. The van der Waals surface area contributed by atoms with Gasteiger partial charge in [-0.2, -0.15) is 31.6 Å². The number of halogens is 5. The van der Waals surface area contributed by atoms with Gasteiger partial charge in [0.2, 0.25) is 0 Å². The average molecular weight is 1710 g/mol. The maximum Gasteiger partial charge on any atom is 0.339 e. The molecular formula is C65H60BCl2FI2N7O14S6. The van der Waals surface area contributed by atoms with Gasteiger partial charge in [-0.05, 0) is 259 Å². The molecular weight excluding hydrogens is 1650 g/mol. The highest BCUT2D eigenvalue weighted by molar-refractivity contribution is 14.1. The third kappa shape index (κ3) is 46.0. The number of nitriles is 6. The average Bonchev–Trinajstić information content (AvgIpc) is 1.03. The lowest BCUT2D eigenvalue weighted by Gasteiger charge is -2.01. The van der Waals surface area contributed by atoms with Crippen molar-refractivity contribution in [3.05, 3.63) is 209 Å². The number of hydrogen-bond acceptors (Lipinski definition) is 24. The van der Waals surface area contributed by atoms with Crippen LogP contribution < -0.4 is 5.73 Å². The SMILES string of the molecule is C.C.F.N#CSc1ccc(C(=O)O)cc1.N#CSc1ccc(C(=O)OCCl)cc1.N#CSc1ccc(C(=O)OCI)cc1.N#CSc1ccc(CC(=O)O)cc1.N#CSc1ccc(CC(=O)OCCl)cc1.N#CSc1ccc(CC(=O)OCI)cc1.Nc1ccc(CC(=O)O)cc1.[2HH].[B]. The molecule has 7 aromatic carbocycles. The number of nitrogens with zero attached hydrogens (tertiary/aromatic N) is 6. The van der Waals surface area contributed by atoms with E-state index in [0.29, 0.717) is 26.0 Å². The van der Waals surface area contributed by atoms with Crippen molar-refractivity contribution in [3.8, 4) is 32.4 Å². The number of thiocyanates is 6. The van der Waals surface area contributed by atoms with Crippen molar-refractivity contribution in [2.75, 3.05) is 27.1 Å². The molecule has 0 saturated carbocycles. The fourth-order valence-electron chi connectivity index (χ4n) is 6.13. The summed E-state index contributed by atoms with van der Waals surface area (Å²) < 4.78 is 19.5. The van der Waals surface area contributed by atoms with Crippen LogP contribution in [0.25, 0.3) is 0 Å². The lowest BCUT2D eigenvalue weighted by atomic mass is 10.1. The number of hydrogen-bond donors (Lipinski definition) is 4. The number of carboxylic acid groups (broad SMARTS) is 3. The maximum absolute atomic E-state index is 11.2. The molecule has 0 heterocycles. The number of alkyl halides is 4. The summed E-state index contributed by atoms with van der Waals surface area (Å²) in [5.74, 6) is -4.02. The molecule has 0 aliphatic heterocycles. The highest BCUT2D eigenvalue weighted by atomic mass is 127. The zero-order valence-corrected chi connectivity index (χ0v) is 60.1. The Morgan fingerprint density at radius 2 is 0.622 bits per heavy atom. The number of nitrogens with two attached hydrogens (primary N) is 1. The molecule has 7 rings (SSSR count). The number of anilines is 1. The van der Waals surface area contributed by atoms with E-state index in [0.717, 1.165) is 122 Å². The Kier molecular flexibility index (Phi) is 58.8. The largest absolute Gasteiger partial charge is 0.481 e. The Bertz CT molecular complexity index is 3650. The van der Waals surface area contributed by atoms with E-state index >= 15 is 0 Å². The van der Waals surface area contributed by atoms with Gasteiger partial charge in [-0.25, -0.2) is 14.4 Å². The summed E-state index contributed by atoms with van der Waals surface area (Å²) in [5.41, 5.74) is 10.5. The fraction of sp³-hybridized carbons (Fsp3) is 0.154. The number of carbonyl (C=O) groups excluding carboxylic acids is 4. The third-order valence-electron chi connectivity index (χ3n) is 10.2. The summed E-state index contributed by atoms with van der Waals surface area (Å²) in [6, 6.07) is 47.3. The number of aromatic carboxylic acids is 1. The van der Waals surface area contributed by atoms with Gasteiger partial charge >= 0.3 is 41.8 Å². The number of nitrogen functional groups attached to an aromatic ring is 1. The normalized spacial score (nSPS) is 8.84. The summed E-state index contributed by atoms with van der Waals surface area (Å²) in [7, 11) is 0. The number of ether oxygens (including phenoxy) is 4. The van der Waals surface area contributed by atoms with E-state index in [4.69, 9.17) is 85.3 Å². The molecule has 0 spiro atoms. The Hall–Kier alpha value is -8.30. The Morgan fingerprint density at radius 1 is 0.388 bits per heavy atom. The van der Waals surface area contributed by atoms with Crippen LogP contribution in [-0.2, 0) is 63.8 Å². The molecule has 98 heavy (non-hydrogen) atoms. The van der Waals surface area contributed by atoms with Crippen molar-refractivity contribution in [1.82, 2.24) is 0 Å². The molecule has 0 atom stereocenters. The molecule has 0 saturated heterocycles. The van der Waals surface area contributed by atoms with Gasteiger partial charge in [0.1, 0.15) is 41.6 Å². The first-order valence-electron chi connectivity index (χ1n) is 25.5. The van der Waals surface area contributed by atoms with Gasteiger partial charge in [0, 0.05) is 44.9 Å². The van der Waals surface area contributed by atoms with Crippen molar-refractivity contribution >= 4 is 195 Å². The van der Waals surface area contributed by atoms with Crippen molar-refractivity contribution < 1.29 is 74.0 Å². The second-order valence-corrected chi connectivity index (χ2v) is 23.4. The third-order valence-corrected chi connectivity index (χ3v) is 14.7. The number of esters is 4. The van der Waals surface area contributed by atoms with Gasteiger partial charge in [-0.3, -0.25) is 23.9 Å². The first-order chi connectivity index (χ1) is 45.2. The lowest BCUT2D eigenvalue weighted by molar-refractivity contribution is -0.141. The van der Waals surface area contributed by atoms with Crippen molar-refractivity contribution in [3.63, 3.8) is 0 Å². The predicted octanol–water partition coefficient (Wildman–Crippen LogP) is 16.7. The van der Waals surface area contributed by atoms with Crippen LogP contribution in [0.1, 0.15) is 69.6 Å². The van der Waals surface area contributed by atoms with Crippen LogP contribution in [0.15, 0.2) is 199 Å². The van der Waals surface area contributed by atoms with E-state index in [2.05, 4.69) is 9.47 Å². The van der Waals surface area contributed by atoms with Crippen molar-refractivity contribution in [2.24, 2.45) is 0 Å². The summed E-state index contributed by atoms with van der Waals surface area (Å²) in [5, 5.41) is 87.4. The second-order valence-electron chi connectivity index (χ2n) is 16.5. The van der Waals surface area contributed by atoms with Crippen LogP contribution in [0.2, 0.25) is 0 Å². The van der Waals surface area contributed by atoms with E-state index in [9.17, 15) is 33.6 Å². The van der Waals surface area contributed by atoms with Crippen LogP contribution in [0.3, 0.4) is 0 Å². The quantitative estimate of drug-likeness (QED) is 0.00758. The molecule has 5 N–H and O–H groups in total. The summed E-state index contributed by atoms with van der Waals surface area (Å²) in [4.78, 5) is 80.4. The zero-order chi connectivity index (χ0) is 69.9. The predicted molar refractivity (Wildman–Crippen MR) is 401 cm³/mol. The Balaban J connectivity index is -0.000000345.